The van der Waals surface area contributed by atoms with Crippen molar-refractivity contribution < 1.29 is 4.74 Å². The van der Waals surface area contributed by atoms with Crippen LogP contribution in [0.3, 0.4) is 0 Å². The van der Waals surface area contributed by atoms with Crippen molar-refractivity contribution in [3.05, 3.63) is 16.5 Å². The van der Waals surface area contributed by atoms with E-state index in [1.54, 1.807) is 0 Å². The summed E-state index contributed by atoms with van der Waals surface area (Å²) >= 11 is 3.45. The van der Waals surface area contributed by atoms with Crippen LogP contribution in [0.15, 0.2) is 10.7 Å². The van der Waals surface area contributed by atoms with Crippen LogP contribution < -0.4 is 4.74 Å². The van der Waals surface area contributed by atoms with Crippen LogP contribution in [0, 0.1) is 5.92 Å². The molecule has 0 saturated heterocycles. The average Bonchev–Trinajstić information content (AvgIpc) is 3.15. The van der Waals surface area contributed by atoms with Gasteiger partial charge in [0.15, 0.2) is 0 Å². The smallest absolute Gasteiger partial charge is 0.218 e. The Bertz CT molecular complexity index is 426. The van der Waals surface area contributed by atoms with E-state index < -0.39 is 0 Å². The summed E-state index contributed by atoms with van der Waals surface area (Å²) in [4.78, 5) is 8.97. The second-order valence-electron chi connectivity index (χ2n) is 5.66. The molecule has 1 aromatic rings. The van der Waals surface area contributed by atoms with Crippen LogP contribution in [0.1, 0.15) is 57.2 Å². The Morgan fingerprint density at radius 2 is 1.83 bits per heavy atom. The molecule has 1 aromatic heterocycles. The second kappa shape index (κ2) is 5.16. The predicted octanol–water partition coefficient (Wildman–Crippen LogP) is 4.07. The lowest BCUT2D eigenvalue weighted by Gasteiger charge is -2.26. The fourth-order valence-electron chi connectivity index (χ4n) is 2.52. The van der Waals surface area contributed by atoms with Gasteiger partial charge in [0, 0.05) is 12.0 Å². The van der Waals surface area contributed by atoms with Crippen LogP contribution in [-0.4, -0.2) is 16.1 Å². The van der Waals surface area contributed by atoms with Gasteiger partial charge in [-0.2, -0.15) is 4.98 Å². The Morgan fingerprint density at radius 3 is 2.50 bits per heavy atom. The first kappa shape index (κ1) is 12.4. The summed E-state index contributed by atoms with van der Waals surface area (Å²) in [6.07, 6.45) is 7.63. The van der Waals surface area contributed by atoms with E-state index in [0.29, 0.717) is 12.0 Å². The van der Waals surface area contributed by atoms with Crippen molar-refractivity contribution in [2.45, 2.75) is 57.5 Å². The quantitative estimate of drug-likeness (QED) is 0.789. The third-order valence-electron chi connectivity index (χ3n) is 3.88. The molecule has 0 N–H and O–H groups in total. The van der Waals surface area contributed by atoms with E-state index in [1.807, 2.05) is 6.07 Å². The molecule has 0 aliphatic heterocycles. The highest BCUT2D eigenvalue weighted by atomic mass is 79.9. The van der Waals surface area contributed by atoms with Gasteiger partial charge in [-0.05, 0) is 60.4 Å². The Kier molecular flexibility index (Phi) is 3.55. The lowest BCUT2D eigenvalue weighted by atomic mass is 9.89. The highest BCUT2D eigenvalue weighted by Gasteiger charge is 2.28. The lowest BCUT2D eigenvalue weighted by molar-refractivity contribution is 0.129. The number of rotatable bonds is 3. The molecule has 18 heavy (non-hydrogen) atoms. The zero-order valence-corrected chi connectivity index (χ0v) is 12.3. The molecule has 3 nitrogen and oxygen atoms in total. The molecule has 0 aromatic carbocycles. The molecule has 98 valence electrons. The van der Waals surface area contributed by atoms with E-state index in [-0.39, 0.29) is 0 Å². The molecule has 0 amide bonds. The van der Waals surface area contributed by atoms with Gasteiger partial charge in [0.25, 0.3) is 0 Å². The monoisotopic (exact) mass is 310 g/mol. The summed E-state index contributed by atoms with van der Waals surface area (Å²) in [7, 11) is 0. The zero-order valence-electron chi connectivity index (χ0n) is 10.7. The maximum absolute atomic E-state index is 6.02. The molecule has 0 radical (unpaired) electrons. The fraction of sp³-hybridized carbons (Fsp3) is 0.714. The normalized spacial score (nSPS) is 28.1. The van der Waals surface area contributed by atoms with Crippen LogP contribution in [0.25, 0.3) is 0 Å². The third kappa shape index (κ3) is 3.02. The molecule has 0 atom stereocenters. The molecule has 0 unspecified atom stereocenters. The number of hydrogen-bond donors (Lipinski definition) is 0. The Balaban J connectivity index is 1.68. The molecule has 0 spiro atoms. The van der Waals surface area contributed by atoms with Crippen LogP contribution in [0.2, 0.25) is 0 Å². The molecule has 2 saturated carbocycles. The van der Waals surface area contributed by atoms with Gasteiger partial charge in [0.2, 0.25) is 5.88 Å². The van der Waals surface area contributed by atoms with Gasteiger partial charge >= 0.3 is 0 Å². The number of aromatic nitrogens is 2. The van der Waals surface area contributed by atoms with Crippen LogP contribution in [-0.2, 0) is 0 Å². The van der Waals surface area contributed by atoms with Crippen molar-refractivity contribution in [2.75, 3.05) is 0 Å². The van der Waals surface area contributed by atoms with E-state index in [1.165, 1.54) is 25.7 Å². The predicted molar refractivity (Wildman–Crippen MR) is 73.8 cm³/mol. The highest BCUT2D eigenvalue weighted by Crippen LogP contribution is 2.39. The fourth-order valence-corrected chi connectivity index (χ4v) is 2.89. The molecule has 2 aliphatic carbocycles. The van der Waals surface area contributed by atoms with E-state index in [2.05, 4.69) is 32.8 Å². The maximum atomic E-state index is 6.02. The van der Waals surface area contributed by atoms with Crippen molar-refractivity contribution in [1.29, 1.82) is 0 Å². The van der Waals surface area contributed by atoms with Gasteiger partial charge in [-0.15, -0.1) is 0 Å². The van der Waals surface area contributed by atoms with Crippen LogP contribution in [0.4, 0.5) is 0 Å². The molecule has 3 rings (SSSR count). The zero-order chi connectivity index (χ0) is 12.5. The van der Waals surface area contributed by atoms with E-state index >= 15 is 0 Å². The second-order valence-corrected chi connectivity index (χ2v) is 6.47. The standard InChI is InChI=1S/C14H19BrN2O/c1-9-2-6-11(7-3-9)18-13-8-12(15)16-14(17-13)10-4-5-10/h8-11H,2-7H2,1H3. The largest absolute Gasteiger partial charge is 0.474 e. The molecule has 2 aliphatic rings. The number of nitrogens with zero attached hydrogens (tertiary/aromatic N) is 2. The first-order valence-electron chi connectivity index (χ1n) is 6.92. The summed E-state index contributed by atoms with van der Waals surface area (Å²) in [6.45, 7) is 2.32. The summed E-state index contributed by atoms with van der Waals surface area (Å²) < 4.78 is 6.87. The minimum atomic E-state index is 0.343. The third-order valence-corrected chi connectivity index (χ3v) is 4.29. The van der Waals surface area contributed by atoms with Gasteiger partial charge in [-0.1, -0.05) is 6.92 Å². The Hall–Kier alpha value is -0.640. The van der Waals surface area contributed by atoms with E-state index in [4.69, 9.17) is 4.74 Å². The Labute approximate surface area is 116 Å². The molecule has 1 heterocycles. The SMILES string of the molecule is CC1CCC(Oc2cc(Br)nc(C3CC3)n2)CC1. The van der Waals surface area contributed by atoms with Gasteiger partial charge in [-0.25, -0.2) is 4.98 Å². The lowest BCUT2D eigenvalue weighted by Crippen LogP contribution is -2.23. The minimum absolute atomic E-state index is 0.343. The minimum Gasteiger partial charge on any atom is -0.474 e. The topological polar surface area (TPSA) is 35.0 Å². The van der Waals surface area contributed by atoms with Crippen LogP contribution >= 0.6 is 15.9 Å². The summed E-state index contributed by atoms with van der Waals surface area (Å²) in [5.74, 6) is 3.11. The van der Waals surface area contributed by atoms with Gasteiger partial charge < -0.3 is 4.74 Å². The van der Waals surface area contributed by atoms with Crippen LogP contribution in [0.5, 0.6) is 5.88 Å². The van der Waals surface area contributed by atoms with Crippen molar-refractivity contribution in [3.8, 4) is 5.88 Å². The first-order valence-corrected chi connectivity index (χ1v) is 7.71. The van der Waals surface area contributed by atoms with Gasteiger partial charge in [-0.3, -0.25) is 0 Å². The first-order chi connectivity index (χ1) is 8.70. The summed E-state index contributed by atoms with van der Waals surface area (Å²) in [5, 5.41) is 0. The average molecular weight is 311 g/mol. The van der Waals surface area contributed by atoms with Gasteiger partial charge in [0.05, 0.1) is 0 Å². The Morgan fingerprint density at radius 1 is 1.11 bits per heavy atom. The number of halogens is 1. The summed E-state index contributed by atoms with van der Waals surface area (Å²) in [6, 6.07) is 1.89. The van der Waals surface area contributed by atoms with Crippen molar-refractivity contribution in [1.82, 2.24) is 9.97 Å². The van der Waals surface area contributed by atoms with Crippen molar-refractivity contribution in [2.24, 2.45) is 5.92 Å². The number of hydrogen-bond acceptors (Lipinski definition) is 3. The maximum Gasteiger partial charge on any atom is 0.218 e. The summed E-state index contributed by atoms with van der Waals surface area (Å²) in [5.41, 5.74) is 0. The highest BCUT2D eigenvalue weighted by molar-refractivity contribution is 9.10. The van der Waals surface area contributed by atoms with Crippen molar-refractivity contribution in [3.63, 3.8) is 0 Å². The van der Waals surface area contributed by atoms with Gasteiger partial charge in [0.1, 0.15) is 16.5 Å². The molecule has 0 bridgehead atoms. The molecule has 2 fully saturated rings. The van der Waals surface area contributed by atoms with E-state index in [0.717, 1.165) is 35.1 Å². The molecule has 4 heteroatoms. The molecular weight excluding hydrogens is 292 g/mol. The molecular formula is C14H19BrN2O. The van der Waals surface area contributed by atoms with Crippen molar-refractivity contribution >= 4 is 15.9 Å². The number of ether oxygens (including phenoxy) is 1. The van der Waals surface area contributed by atoms with E-state index in [9.17, 15) is 0 Å².